The fourth-order valence-electron chi connectivity index (χ4n) is 11.1. The quantitative estimate of drug-likeness (QED) is 0.140. The molecule has 4 heteroatoms. The van der Waals surface area contributed by atoms with Crippen molar-refractivity contribution < 1.29 is 0 Å². The van der Waals surface area contributed by atoms with Gasteiger partial charge in [0, 0.05) is 38.4 Å². The van der Waals surface area contributed by atoms with Gasteiger partial charge >= 0.3 is 0 Å². The zero-order chi connectivity index (χ0) is 49.0. The summed E-state index contributed by atoms with van der Waals surface area (Å²) in [6.45, 7) is 11.1. The summed E-state index contributed by atoms with van der Waals surface area (Å²) in [6.07, 6.45) is 0. The standard InChI is InChI=1S/C69H44N4/c1-45-39-46(44-70)29-34-55(45)56-25-15-27-66(72-62-35-30-51(47-17-7-3-8-18-47)40-57(62)58-41-52(31-36-63(58)72)48-19-9-4-10-20-48)68(56)69-61(71-2)26-16-28-67(69)73-64-37-32-53(49-21-11-5-12-22-49)42-59(64)60-43-54(33-38-65(60)73)50-23-13-6-14-24-50/h3-43H,1H3. The summed E-state index contributed by atoms with van der Waals surface area (Å²) in [4.78, 5) is 4.39. The van der Waals surface area contributed by atoms with Crippen LogP contribution in [0.15, 0.2) is 249 Å². The summed E-state index contributed by atoms with van der Waals surface area (Å²) in [6, 6.07) is 90.4. The minimum Gasteiger partial charge on any atom is -0.310 e. The first-order chi connectivity index (χ1) is 36.0. The summed E-state index contributed by atoms with van der Waals surface area (Å²) >= 11 is 0. The van der Waals surface area contributed by atoms with Gasteiger partial charge in [-0.1, -0.05) is 176 Å². The Kier molecular flexibility index (Phi) is 10.5. The van der Waals surface area contributed by atoms with Gasteiger partial charge in [0.2, 0.25) is 0 Å². The normalized spacial score (nSPS) is 11.3. The molecule has 0 saturated carbocycles. The van der Waals surface area contributed by atoms with Gasteiger partial charge in [-0.3, -0.25) is 0 Å². The van der Waals surface area contributed by atoms with Crippen molar-refractivity contribution in [2.75, 3.05) is 0 Å². The fraction of sp³-hybridized carbons (Fsp3) is 0.0145. The van der Waals surface area contributed by atoms with Gasteiger partial charge in [-0.15, -0.1) is 0 Å². The lowest BCUT2D eigenvalue weighted by Crippen LogP contribution is -2.04. The van der Waals surface area contributed by atoms with Crippen LogP contribution in [0.3, 0.4) is 0 Å². The molecule has 0 N–H and O–H groups in total. The topological polar surface area (TPSA) is 38.0 Å². The summed E-state index contributed by atoms with van der Waals surface area (Å²) in [5.41, 5.74) is 21.0. The van der Waals surface area contributed by atoms with Crippen molar-refractivity contribution >= 4 is 49.3 Å². The number of aryl methyl sites for hydroxylation is 1. The van der Waals surface area contributed by atoms with E-state index in [0.29, 0.717) is 11.3 Å². The lowest BCUT2D eigenvalue weighted by Gasteiger charge is -2.23. The lowest BCUT2D eigenvalue weighted by atomic mass is 9.88. The molecule has 0 spiro atoms. The largest absolute Gasteiger partial charge is 0.310 e. The molecular weight excluding hydrogens is 885 g/mol. The third-order valence-electron chi connectivity index (χ3n) is 14.5. The first kappa shape index (κ1) is 43.1. The van der Waals surface area contributed by atoms with Crippen LogP contribution in [0.5, 0.6) is 0 Å². The zero-order valence-electron chi connectivity index (χ0n) is 40.0. The Morgan fingerprint density at radius 3 is 1.11 bits per heavy atom. The van der Waals surface area contributed by atoms with E-state index in [0.717, 1.165) is 127 Å². The molecule has 11 aromatic carbocycles. The van der Waals surface area contributed by atoms with Crippen LogP contribution in [0, 0.1) is 24.8 Å². The number of hydrogen-bond acceptors (Lipinski definition) is 1. The average molecular weight is 929 g/mol. The van der Waals surface area contributed by atoms with Crippen molar-refractivity contribution in [3.63, 3.8) is 0 Å². The van der Waals surface area contributed by atoms with Crippen LogP contribution in [0.2, 0.25) is 0 Å². The Bertz CT molecular complexity index is 4180. The summed E-state index contributed by atoms with van der Waals surface area (Å²) in [7, 11) is 0. The molecule has 2 heterocycles. The molecule has 0 aliphatic rings. The van der Waals surface area contributed by atoms with Crippen LogP contribution >= 0.6 is 0 Å². The molecule has 13 aromatic rings. The Morgan fingerprint density at radius 1 is 0.356 bits per heavy atom. The number of benzene rings is 11. The smallest absolute Gasteiger partial charge is 0.197 e. The second-order valence-electron chi connectivity index (χ2n) is 18.7. The molecule has 0 amide bonds. The first-order valence-corrected chi connectivity index (χ1v) is 24.6. The molecule has 0 aliphatic carbocycles. The third kappa shape index (κ3) is 7.29. The molecule has 13 rings (SSSR count). The van der Waals surface area contributed by atoms with Crippen LogP contribution in [0.1, 0.15) is 11.1 Å². The Balaban J connectivity index is 1.15. The molecular formula is C69H44N4. The van der Waals surface area contributed by atoms with Gasteiger partial charge in [0.25, 0.3) is 0 Å². The number of nitrogens with zero attached hydrogens (tertiary/aromatic N) is 4. The molecule has 0 atom stereocenters. The van der Waals surface area contributed by atoms with Crippen LogP contribution < -0.4 is 0 Å². The van der Waals surface area contributed by atoms with Crippen molar-refractivity contribution in [2.45, 2.75) is 6.92 Å². The maximum atomic E-state index is 10.1. The molecule has 2 aromatic heterocycles. The predicted molar refractivity (Wildman–Crippen MR) is 303 cm³/mol. The Labute approximate surface area is 424 Å². The lowest BCUT2D eigenvalue weighted by molar-refractivity contribution is 1.16. The van der Waals surface area contributed by atoms with Gasteiger partial charge in [-0.25, -0.2) is 4.85 Å². The molecule has 0 bridgehead atoms. The van der Waals surface area contributed by atoms with Crippen molar-refractivity contribution in [1.82, 2.24) is 9.13 Å². The number of fused-ring (bicyclic) bond motifs is 6. The van der Waals surface area contributed by atoms with Gasteiger partial charge in [0.1, 0.15) is 0 Å². The van der Waals surface area contributed by atoms with Crippen LogP contribution in [-0.2, 0) is 0 Å². The second-order valence-corrected chi connectivity index (χ2v) is 18.7. The highest BCUT2D eigenvalue weighted by atomic mass is 15.0. The van der Waals surface area contributed by atoms with E-state index in [1.165, 1.54) is 0 Å². The monoisotopic (exact) mass is 928 g/mol. The first-order valence-electron chi connectivity index (χ1n) is 24.6. The highest BCUT2D eigenvalue weighted by Crippen LogP contribution is 2.50. The van der Waals surface area contributed by atoms with Crippen LogP contribution in [0.25, 0.3) is 127 Å². The molecule has 0 unspecified atom stereocenters. The van der Waals surface area contributed by atoms with E-state index in [1.54, 1.807) is 0 Å². The molecule has 340 valence electrons. The average Bonchev–Trinajstić information content (AvgIpc) is 3.96. The Morgan fingerprint density at radius 2 is 0.740 bits per heavy atom. The molecule has 0 radical (unpaired) electrons. The van der Waals surface area contributed by atoms with Gasteiger partial charge in [0.05, 0.1) is 46.0 Å². The van der Waals surface area contributed by atoms with Gasteiger partial charge < -0.3 is 9.13 Å². The number of rotatable bonds is 8. The summed E-state index contributed by atoms with van der Waals surface area (Å²) < 4.78 is 4.77. The van der Waals surface area contributed by atoms with Crippen LogP contribution in [-0.4, -0.2) is 9.13 Å². The van der Waals surface area contributed by atoms with E-state index in [2.05, 4.69) is 251 Å². The molecule has 0 fully saturated rings. The SMILES string of the molecule is [C-]#[N+]c1cccc(-n2c3ccc(-c4ccccc4)cc3c3cc(-c4ccccc4)ccc32)c1-c1c(-c2ccc(C#N)cc2C)cccc1-n1c2ccc(-c3ccccc3)cc2c2cc(-c3ccccc3)ccc21. The van der Waals surface area contributed by atoms with Gasteiger partial charge in [-0.2, -0.15) is 5.26 Å². The van der Waals surface area contributed by atoms with Crippen LogP contribution in [0.4, 0.5) is 5.69 Å². The molecule has 4 nitrogen and oxygen atoms in total. The van der Waals surface area contributed by atoms with E-state index < -0.39 is 0 Å². The minimum atomic E-state index is 0.535. The number of aromatic nitrogens is 2. The third-order valence-corrected chi connectivity index (χ3v) is 14.5. The predicted octanol–water partition coefficient (Wildman–Crippen LogP) is 18.6. The van der Waals surface area contributed by atoms with Crippen molar-refractivity contribution in [2.24, 2.45) is 0 Å². The Hall–Kier alpha value is -10.0. The second kappa shape index (κ2) is 17.8. The maximum absolute atomic E-state index is 10.1. The molecule has 73 heavy (non-hydrogen) atoms. The molecule has 0 saturated heterocycles. The summed E-state index contributed by atoms with van der Waals surface area (Å²) in [5.74, 6) is 0. The van der Waals surface area contributed by atoms with E-state index >= 15 is 0 Å². The number of nitriles is 1. The van der Waals surface area contributed by atoms with Gasteiger partial charge in [0.15, 0.2) is 5.69 Å². The maximum Gasteiger partial charge on any atom is 0.197 e. The van der Waals surface area contributed by atoms with E-state index in [1.807, 2.05) is 24.3 Å². The number of hydrogen-bond donors (Lipinski definition) is 0. The van der Waals surface area contributed by atoms with Crippen molar-refractivity contribution in [1.29, 1.82) is 5.26 Å². The highest BCUT2D eigenvalue weighted by Gasteiger charge is 2.26. The fourth-order valence-corrected chi connectivity index (χ4v) is 11.1. The van der Waals surface area contributed by atoms with Crippen molar-refractivity contribution in [3.05, 3.63) is 271 Å². The van der Waals surface area contributed by atoms with E-state index in [9.17, 15) is 5.26 Å². The summed E-state index contributed by atoms with van der Waals surface area (Å²) in [5, 5.41) is 14.6. The highest BCUT2D eigenvalue weighted by molar-refractivity contribution is 6.15. The minimum absolute atomic E-state index is 0.535. The van der Waals surface area contributed by atoms with E-state index in [4.69, 9.17) is 6.57 Å². The zero-order valence-corrected chi connectivity index (χ0v) is 40.0. The van der Waals surface area contributed by atoms with Crippen molar-refractivity contribution in [3.8, 4) is 84.2 Å². The van der Waals surface area contributed by atoms with E-state index in [-0.39, 0.29) is 0 Å². The van der Waals surface area contributed by atoms with Gasteiger partial charge in [-0.05, 0) is 141 Å². The molecule has 0 aliphatic heterocycles.